The summed E-state index contributed by atoms with van der Waals surface area (Å²) in [6.07, 6.45) is -0.228. The summed E-state index contributed by atoms with van der Waals surface area (Å²) in [5.41, 5.74) is 0.0168. The Bertz CT molecular complexity index is 1360. The first-order valence-corrected chi connectivity index (χ1v) is 13.2. The SMILES string of the molecule is COc1ccc(-n2cc(C(=O)NCCC(=O)Nc3ccc([C@H]4CC[C@H](CC(=O)O)CC4)cc3)c(C(F)(F)F)n2)cc1. The Morgan fingerprint density at radius 3 is 2.27 bits per heavy atom. The fourth-order valence-electron chi connectivity index (χ4n) is 5.01. The van der Waals surface area contributed by atoms with Gasteiger partial charge in [-0.1, -0.05) is 12.1 Å². The van der Waals surface area contributed by atoms with Gasteiger partial charge in [-0.05, 0) is 79.5 Å². The van der Waals surface area contributed by atoms with Crippen LogP contribution in [0, 0.1) is 5.92 Å². The van der Waals surface area contributed by atoms with Crippen molar-refractivity contribution in [3.05, 3.63) is 71.5 Å². The van der Waals surface area contributed by atoms with Gasteiger partial charge in [0.05, 0.1) is 18.4 Å². The van der Waals surface area contributed by atoms with E-state index in [1.165, 1.54) is 19.2 Å². The van der Waals surface area contributed by atoms with Crippen molar-refractivity contribution in [3.8, 4) is 11.4 Å². The summed E-state index contributed by atoms with van der Waals surface area (Å²) in [6.45, 7) is -0.173. The van der Waals surface area contributed by atoms with E-state index in [0.717, 1.165) is 42.1 Å². The lowest BCUT2D eigenvalue weighted by atomic mass is 9.77. The molecule has 0 atom stereocenters. The number of carboxylic acids is 1. The maximum Gasteiger partial charge on any atom is 0.435 e. The van der Waals surface area contributed by atoms with Crippen LogP contribution in [0.1, 0.15) is 66.1 Å². The number of carboxylic acid groups (broad SMARTS) is 1. The standard InChI is InChI=1S/C29H31F3N4O5/c1-41-23-12-10-22(11-13-23)36-17-24(27(35-36)29(30,31)32)28(40)33-15-14-25(37)34-21-8-6-20(7-9-21)19-4-2-18(3-5-19)16-26(38)39/h6-13,17-19H,2-5,14-16H2,1H3,(H,33,40)(H,34,37)(H,38,39)/t18-,19-. The van der Waals surface area contributed by atoms with Gasteiger partial charge < -0.3 is 20.5 Å². The molecule has 0 unspecified atom stereocenters. The molecule has 0 radical (unpaired) electrons. The van der Waals surface area contributed by atoms with Crippen molar-refractivity contribution in [1.82, 2.24) is 15.1 Å². The maximum atomic E-state index is 13.6. The lowest BCUT2D eigenvalue weighted by Gasteiger charge is -2.28. The predicted molar refractivity (Wildman–Crippen MR) is 144 cm³/mol. The number of anilines is 1. The number of rotatable bonds is 10. The van der Waals surface area contributed by atoms with Crippen LogP contribution in [0.3, 0.4) is 0 Å². The number of methoxy groups -OCH3 is 1. The third kappa shape index (κ3) is 7.86. The summed E-state index contributed by atoms with van der Waals surface area (Å²) in [5.74, 6) is -1.09. The second-order valence-electron chi connectivity index (χ2n) is 10.0. The number of amides is 2. The summed E-state index contributed by atoms with van der Waals surface area (Å²) in [6, 6.07) is 13.6. The lowest BCUT2D eigenvalue weighted by Crippen LogP contribution is -2.29. The largest absolute Gasteiger partial charge is 0.497 e. The number of nitrogens with one attached hydrogen (secondary N) is 2. The number of nitrogens with zero attached hydrogens (tertiary/aromatic N) is 2. The van der Waals surface area contributed by atoms with E-state index in [-0.39, 0.29) is 25.3 Å². The third-order valence-electron chi connectivity index (χ3n) is 7.18. The Morgan fingerprint density at radius 1 is 1.02 bits per heavy atom. The quantitative estimate of drug-likeness (QED) is 0.299. The fourth-order valence-corrected chi connectivity index (χ4v) is 5.01. The van der Waals surface area contributed by atoms with E-state index in [2.05, 4.69) is 15.7 Å². The Balaban J connectivity index is 1.29. The normalized spacial score (nSPS) is 17.1. The highest BCUT2D eigenvalue weighted by molar-refractivity contribution is 5.96. The molecule has 0 aliphatic heterocycles. The zero-order valence-electron chi connectivity index (χ0n) is 22.4. The van der Waals surface area contributed by atoms with Crippen LogP contribution in [-0.4, -0.2) is 46.3 Å². The van der Waals surface area contributed by atoms with Gasteiger partial charge in [-0.15, -0.1) is 0 Å². The molecule has 3 N–H and O–H groups in total. The first-order chi connectivity index (χ1) is 19.5. The van der Waals surface area contributed by atoms with Crippen LogP contribution in [0.15, 0.2) is 54.7 Å². The highest BCUT2D eigenvalue weighted by atomic mass is 19.4. The molecule has 1 aliphatic carbocycles. The van der Waals surface area contributed by atoms with Crippen molar-refractivity contribution in [2.45, 2.75) is 50.6 Å². The number of aromatic nitrogens is 2. The molecule has 1 aliphatic rings. The molecule has 1 aromatic heterocycles. The third-order valence-corrected chi connectivity index (χ3v) is 7.18. The Labute approximate surface area is 234 Å². The molecule has 2 aromatic carbocycles. The predicted octanol–water partition coefficient (Wildman–Crippen LogP) is 5.41. The zero-order chi connectivity index (χ0) is 29.6. The molecule has 12 heteroatoms. The first-order valence-electron chi connectivity index (χ1n) is 13.2. The average Bonchev–Trinajstić information content (AvgIpc) is 3.40. The highest BCUT2D eigenvalue weighted by Gasteiger charge is 2.39. The van der Waals surface area contributed by atoms with Gasteiger partial charge in [0.2, 0.25) is 5.91 Å². The minimum atomic E-state index is -4.86. The van der Waals surface area contributed by atoms with E-state index in [0.29, 0.717) is 23.0 Å². The number of alkyl halides is 3. The summed E-state index contributed by atoms with van der Waals surface area (Å²) < 4.78 is 46.8. The van der Waals surface area contributed by atoms with Crippen molar-refractivity contribution in [1.29, 1.82) is 0 Å². The zero-order valence-corrected chi connectivity index (χ0v) is 22.4. The van der Waals surface area contributed by atoms with E-state index >= 15 is 0 Å². The number of aliphatic carboxylic acids is 1. The van der Waals surface area contributed by atoms with Crippen LogP contribution in [0.4, 0.5) is 18.9 Å². The molecular formula is C29H31F3N4O5. The van der Waals surface area contributed by atoms with E-state index in [1.54, 1.807) is 24.3 Å². The second kappa shape index (κ2) is 12.9. The minimum absolute atomic E-state index is 0.144. The molecule has 1 fully saturated rings. The number of carbonyl (C=O) groups excluding carboxylic acids is 2. The highest BCUT2D eigenvalue weighted by Crippen LogP contribution is 2.37. The molecule has 3 aromatic rings. The van der Waals surface area contributed by atoms with Gasteiger partial charge in [0, 0.05) is 31.3 Å². The van der Waals surface area contributed by atoms with E-state index in [1.807, 2.05) is 12.1 Å². The summed E-state index contributed by atoms with van der Waals surface area (Å²) in [5, 5.41) is 17.6. The Morgan fingerprint density at radius 2 is 1.68 bits per heavy atom. The van der Waals surface area contributed by atoms with Crippen LogP contribution < -0.4 is 15.4 Å². The van der Waals surface area contributed by atoms with Gasteiger partial charge >= 0.3 is 12.1 Å². The van der Waals surface area contributed by atoms with Gasteiger partial charge in [0.15, 0.2) is 5.69 Å². The molecule has 41 heavy (non-hydrogen) atoms. The van der Waals surface area contributed by atoms with Crippen molar-refractivity contribution in [2.75, 3.05) is 19.0 Å². The van der Waals surface area contributed by atoms with Gasteiger partial charge in [-0.3, -0.25) is 14.4 Å². The number of hydrogen-bond donors (Lipinski definition) is 3. The molecule has 4 rings (SSSR count). The molecule has 2 amide bonds. The lowest BCUT2D eigenvalue weighted by molar-refractivity contribution is -0.141. The molecule has 1 saturated carbocycles. The molecule has 0 spiro atoms. The second-order valence-corrected chi connectivity index (χ2v) is 10.0. The average molecular weight is 573 g/mol. The van der Waals surface area contributed by atoms with E-state index in [9.17, 15) is 27.6 Å². The fraction of sp³-hybridized carbons (Fsp3) is 0.379. The summed E-state index contributed by atoms with van der Waals surface area (Å²) in [4.78, 5) is 35.9. The molecule has 1 heterocycles. The van der Waals surface area contributed by atoms with Gasteiger partial charge in [-0.2, -0.15) is 18.3 Å². The topological polar surface area (TPSA) is 123 Å². The van der Waals surface area contributed by atoms with Gasteiger partial charge in [0.25, 0.3) is 5.91 Å². The van der Waals surface area contributed by atoms with Crippen molar-refractivity contribution >= 4 is 23.5 Å². The first kappa shape index (κ1) is 29.6. The smallest absolute Gasteiger partial charge is 0.435 e. The van der Waals surface area contributed by atoms with Crippen LogP contribution in [0.5, 0.6) is 5.75 Å². The Kier molecular flexibility index (Phi) is 9.31. The van der Waals surface area contributed by atoms with Gasteiger partial charge in [0.1, 0.15) is 5.75 Å². The number of halogens is 3. The number of ether oxygens (including phenoxy) is 1. The number of carbonyl (C=O) groups is 3. The molecular weight excluding hydrogens is 541 g/mol. The number of hydrogen-bond acceptors (Lipinski definition) is 5. The number of benzene rings is 2. The Hall–Kier alpha value is -4.35. The summed E-state index contributed by atoms with van der Waals surface area (Å²) >= 11 is 0. The van der Waals surface area contributed by atoms with Crippen LogP contribution in [-0.2, 0) is 15.8 Å². The van der Waals surface area contributed by atoms with Crippen LogP contribution in [0.2, 0.25) is 0 Å². The van der Waals surface area contributed by atoms with Crippen LogP contribution in [0.25, 0.3) is 5.69 Å². The molecule has 218 valence electrons. The monoisotopic (exact) mass is 572 g/mol. The summed E-state index contributed by atoms with van der Waals surface area (Å²) in [7, 11) is 1.46. The van der Waals surface area contributed by atoms with Gasteiger partial charge in [-0.25, -0.2) is 4.68 Å². The van der Waals surface area contributed by atoms with Crippen molar-refractivity contribution in [2.24, 2.45) is 5.92 Å². The van der Waals surface area contributed by atoms with E-state index in [4.69, 9.17) is 9.84 Å². The van der Waals surface area contributed by atoms with E-state index < -0.39 is 35.2 Å². The molecule has 0 saturated heterocycles. The van der Waals surface area contributed by atoms with Crippen molar-refractivity contribution < 1.29 is 37.4 Å². The minimum Gasteiger partial charge on any atom is -0.497 e. The maximum absolute atomic E-state index is 13.6. The van der Waals surface area contributed by atoms with Crippen molar-refractivity contribution in [3.63, 3.8) is 0 Å². The molecule has 9 nitrogen and oxygen atoms in total. The van der Waals surface area contributed by atoms with Crippen LogP contribution >= 0.6 is 0 Å². The molecule has 0 bridgehead atoms.